The van der Waals surface area contributed by atoms with Gasteiger partial charge >= 0.3 is 11.9 Å². The summed E-state index contributed by atoms with van der Waals surface area (Å²) in [6, 6.07) is 9.19. The van der Waals surface area contributed by atoms with Crippen molar-refractivity contribution in [3.8, 4) is 0 Å². The maximum atomic E-state index is 10.9. The summed E-state index contributed by atoms with van der Waals surface area (Å²) in [5, 5.41) is 18.8. The first-order valence-corrected chi connectivity index (χ1v) is 4.59. The summed E-state index contributed by atoms with van der Waals surface area (Å²) in [6.07, 6.45) is 0. The summed E-state index contributed by atoms with van der Waals surface area (Å²) < 4.78 is 0. The molecule has 0 heterocycles. The number of fused-ring (bicyclic) bond motifs is 1. The van der Waals surface area contributed by atoms with Crippen molar-refractivity contribution in [3.63, 3.8) is 0 Å². The molecular formula is C12H8FeO4. The number of hydrogen-bond acceptors (Lipinski definition) is 2. The molecule has 0 saturated carbocycles. The third-order valence-electron chi connectivity index (χ3n) is 2.38. The topological polar surface area (TPSA) is 74.6 Å². The Balaban J connectivity index is 0.00000144. The van der Waals surface area contributed by atoms with E-state index in [4.69, 9.17) is 10.2 Å². The molecule has 0 aromatic heterocycles. The van der Waals surface area contributed by atoms with Crippen molar-refractivity contribution in [2.24, 2.45) is 0 Å². The van der Waals surface area contributed by atoms with Gasteiger partial charge in [0.25, 0.3) is 0 Å². The van der Waals surface area contributed by atoms with Crippen LogP contribution >= 0.6 is 0 Å². The van der Waals surface area contributed by atoms with Crippen LogP contribution < -0.4 is 0 Å². The largest absolute Gasteiger partial charge is 0.478 e. The summed E-state index contributed by atoms with van der Waals surface area (Å²) in [5.41, 5.74) is 0.223. The molecule has 0 bridgehead atoms. The Morgan fingerprint density at radius 3 is 1.41 bits per heavy atom. The molecule has 0 aliphatic heterocycles. The number of benzene rings is 2. The smallest absolute Gasteiger partial charge is 0.336 e. The Labute approximate surface area is 107 Å². The molecule has 17 heavy (non-hydrogen) atoms. The van der Waals surface area contributed by atoms with E-state index in [1.165, 1.54) is 12.1 Å². The molecule has 2 N–H and O–H groups in total. The maximum Gasteiger partial charge on any atom is 0.336 e. The maximum absolute atomic E-state index is 10.9. The number of carboxylic acids is 2. The summed E-state index contributed by atoms with van der Waals surface area (Å²) in [5.74, 6) is -2.12. The van der Waals surface area contributed by atoms with E-state index in [1.54, 1.807) is 24.3 Å². The number of hydrogen-bond donors (Lipinski definition) is 2. The van der Waals surface area contributed by atoms with Crippen molar-refractivity contribution in [2.45, 2.75) is 0 Å². The summed E-state index contributed by atoms with van der Waals surface area (Å²) in [7, 11) is 0. The molecule has 88 valence electrons. The SMILES string of the molecule is O=C(O)c1ccc(C(=O)O)c2ccccc12.[Fe]. The number of carboxylic acid groups (broad SMARTS) is 2. The Kier molecular flexibility index (Phi) is 3.88. The first kappa shape index (κ1) is 13.2. The van der Waals surface area contributed by atoms with Crippen LogP contribution in [0, 0.1) is 0 Å². The van der Waals surface area contributed by atoms with E-state index in [-0.39, 0.29) is 28.2 Å². The van der Waals surface area contributed by atoms with Crippen LogP contribution in [0.2, 0.25) is 0 Å². The summed E-state index contributed by atoms with van der Waals surface area (Å²) in [4.78, 5) is 21.9. The van der Waals surface area contributed by atoms with Gasteiger partial charge in [-0.25, -0.2) is 9.59 Å². The molecule has 2 aromatic carbocycles. The van der Waals surface area contributed by atoms with Crippen molar-refractivity contribution < 1.29 is 36.9 Å². The molecule has 0 spiro atoms. The van der Waals surface area contributed by atoms with Gasteiger partial charge in [0.1, 0.15) is 0 Å². The van der Waals surface area contributed by atoms with Crippen LogP contribution in [-0.4, -0.2) is 22.2 Å². The van der Waals surface area contributed by atoms with E-state index >= 15 is 0 Å². The second-order valence-electron chi connectivity index (χ2n) is 3.32. The van der Waals surface area contributed by atoms with Gasteiger partial charge in [0, 0.05) is 17.1 Å². The third-order valence-corrected chi connectivity index (χ3v) is 2.38. The molecule has 0 aliphatic rings. The van der Waals surface area contributed by atoms with Crippen LogP contribution in [0.25, 0.3) is 10.8 Å². The molecule has 2 aromatic rings. The zero-order valence-electron chi connectivity index (χ0n) is 8.53. The average Bonchev–Trinajstić information content (AvgIpc) is 2.27. The fourth-order valence-electron chi connectivity index (χ4n) is 1.67. The Morgan fingerprint density at radius 2 is 1.12 bits per heavy atom. The molecule has 4 nitrogen and oxygen atoms in total. The Hall–Kier alpha value is -1.84. The van der Waals surface area contributed by atoms with Crippen LogP contribution in [0.15, 0.2) is 36.4 Å². The first-order valence-electron chi connectivity index (χ1n) is 4.59. The Bertz CT molecular complexity index is 540. The van der Waals surface area contributed by atoms with Gasteiger partial charge < -0.3 is 10.2 Å². The Morgan fingerprint density at radius 1 is 0.765 bits per heavy atom. The zero-order valence-corrected chi connectivity index (χ0v) is 9.63. The van der Waals surface area contributed by atoms with E-state index in [0.717, 1.165) is 0 Å². The minimum absolute atomic E-state index is 0. The van der Waals surface area contributed by atoms with E-state index in [1.807, 2.05) is 0 Å². The monoisotopic (exact) mass is 272 g/mol. The standard InChI is InChI=1S/C12H8O4.Fe/c13-11(14)9-5-6-10(12(15)16)8-4-2-1-3-7(8)9;/h1-6H,(H,13,14)(H,15,16);. The minimum Gasteiger partial charge on any atom is -0.478 e. The van der Waals surface area contributed by atoms with Gasteiger partial charge in [-0.2, -0.15) is 0 Å². The minimum atomic E-state index is -1.06. The molecule has 0 unspecified atom stereocenters. The van der Waals surface area contributed by atoms with Crippen molar-refractivity contribution >= 4 is 22.7 Å². The van der Waals surface area contributed by atoms with Crippen LogP contribution in [0.3, 0.4) is 0 Å². The number of carbonyl (C=O) groups is 2. The predicted molar refractivity (Wildman–Crippen MR) is 57.9 cm³/mol. The fraction of sp³-hybridized carbons (Fsp3) is 0. The quantitative estimate of drug-likeness (QED) is 0.822. The second kappa shape index (κ2) is 4.99. The zero-order chi connectivity index (χ0) is 11.7. The van der Waals surface area contributed by atoms with E-state index in [9.17, 15) is 9.59 Å². The van der Waals surface area contributed by atoms with Crippen LogP contribution in [0.1, 0.15) is 20.7 Å². The molecule has 5 heteroatoms. The van der Waals surface area contributed by atoms with Gasteiger partial charge in [-0.15, -0.1) is 0 Å². The predicted octanol–water partition coefficient (Wildman–Crippen LogP) is 2.23. The number of aromatic carboxylic acids is 2. The van der Waals surface area contributed by atoms with Crippen molar-refractivity contribution in [2.75, 3.05) is 0 Å². The van der Waals surface area contributed by atoms with Gasteiger partial charge in [-0.3, -0.25) is 0 Å². The van der Waals surface area contributed by atoms with Crippen LogP contribution in [0.5, 0.6) is 0 Å². The van der Waals surface area contributed by atoms with Gasteiger partial charge in [0.2, 0.25) is 0 Å². The molecule has 0 radical (unpaired) electrons. The molecule has 0 fully saturated rings. The molecule has 0 saturated heterocycles. The molecule has 0 amide bonds. The van der Waals surface area contributed by atoms with Crippen LogP contribution in [0.4, 0.5) is 0 Å². The fourth-order valence-corrected chi connectivity index (χ4v) is 1.67. The van der Waals surface area contributed by atoms with Gasteiger partial charge in [-0.05, 0) is 22.9 Å². The molecule has 0 atom stereocenters. The van der Waals surface area contributed by atoms with Gasteiger partial charge in [-0.1, -0.05) is 24.3 Å². The first-order chi connectivity index (χ1) is 7.61. The summed E-state index contributed by atoms with van der Waals surface area (Å²) in [6.45, 7) is 0. The molecule has 2 rings (SSSR count). The van der Waals surface area contributed by atoms with Crippen molar-refractivity contribution in [1.82, 2.24) is 0 Å². The second-order valence-corrected chi connectivity index (χ2v) is 3.32. The van der Waals surface area contributed by atoms with E-state index < -0.39 is 11.9 Å². The van der Waals surface area contributed by atoms with Crippen molar-refractivity contribution in [3.05, 3.63) is 47.5 Å². The number of rotatable bonds is 2. The van der Waals surface area contributed by atoms with E-state index in [2.05, 4.69) is 0 Å². The van der Waals surface area contributed by atoms with Crippen molar-refractivity contribution in [1.29, 1.82) is 0 Å². The van der Waals surface area contributed by atoms with Gasteiger partial charge in [0.05, 0.1) is 11.1 Å². The average molecular weight is 272 g/mol. The molecular weight excluding hydrogens is 264 g/mol. The third kappa shape index (κ3) is 2.30. The van der Waals surface area contributed by atoms with Crippen LogP contribution in [-0.2, 0) is 17.1 Å². The molecule has 0 aliphatic carbocycles. The van der Waals surface area contributed by atoms with E-state index in [0.29, 0.717) is 10.8 Å². The van der Waals surface area contributed by atoms with Gasteiger partial charge in [0.15, 0.2) is 0 Å². The summed E-state index contributed by atoms with van der Waals surface area (Å²) >= 11 is 0. The normalized spacial score (nSPS) is 9.65.